The van der Waals surface area contributed by atoms with Gasteiger partial charge in [-0.15, -0.1) is 0 Å². The van der Waals surface area contributed by atoms with Crippen LogP contribution in [-0.4, -0.2) is 23.9 Å². The summed E-state index contributed by atoms with van der Waals surface area (Å²) in [5.41, 5.74) is 0. The third-order valence-electron chi connectivity index (χ3n) is 1.67. The molecule has 0 saturated heterocycles. The molecule has 5 nitrogen and oxygen atoms in total. The Kier molecular flexibility index (Phi) is 3.39. The zero-order chi connectivity index (χ0) is 11.7. The fourth-order valence-corrected chi connectivity index (χ4v) is 2.56. The van der Waals surface area contributed by atoms with Gasteiger partial charge in [-0.25, -0.2) is 21.6 Å². The first-order valence-electron chi connectivity index (χ1n) is 3.75. The van der Waals surface area contributed by atoms with Crippen LogP contribution in [0.5, 0.6) is 0 Å². The van der Waals surface area contributed by atoms with Crippen LogP contribution in [0.25, 0.3) is 0 Å². The van der Waals surface area contributed by atoms with Crippen LogP contribution in [0.4, 0.5) is 0 Å². The van der Waals surface area contributed by atoms with E-state index in [1.54, 1.807) is 0 Å². The zero-order valence-electron chi connectivity index (χ0n) is 7.64. The minimum Gasteiger partial charge on any atom is -0.214 e. The van der Waals surface area contributed by atoms with E-state index in [-0.39, 0.29) is 9.79 Å². The molecule has 15 heavy (non-hydrogen) atoms. The average Bonchev–Trinajstić information content (AvgIpc) is 2.17. The van der Waals surface area contributed by atoms with Crippen molar-refractivity contribution >= 4 is 29.8 Å². The number of hydrogen-bond acceptors (Lipinski definition) is 4. The first-order chi connectivity index (χ1) is 6.77. The van der Waals surface area contributed by atoms with Crippen molar-refractivity contribution in [1.82, 2.24) is 4.72 Å². The van der Waals surface area contributed by atoms with Gasteiger partial charge in [-0.1, -0.05) is 6.07 Å². The standard InChI is InChI=1S/C7H8ClNO4S2/c1-9-15(12,13)7-4-2-3-6(5-7)14(8,10)11/h2-5,9H,1H3. The summed E-state index contributed by atoms with van der Waals surface area (Å²) in [5, 5.41) is 0. The van der Waals surface area contributed by atoms with Crippen LogP contribution in [-0.2, 0) is 19.1 Å². The van der Waals surface area contributed by atoms with Gasteiger partial charge in [0.15, 0.2) is 0 Å². The molecule has 0 aromatic heterocycles. The van der Waals surface area contributed by atoms with Crippen molar-refractivity contribution < 1.29 is 16.8 Å². The Bertz CT molecular complexity index is 564. The lowest BCUT2D eigenvalue weighted by molar-refractivity contribution is 0.588. The summed E-state index contributed by atoms with van der Waals surface area (Å²) in [7, 11) is -1.25. The fourth-order valence-electron chi connectivity index (χ4n) is 0.911. The molecule has 0 atom stereocenters. The third-order valence-corrected chi connectivity index (χ3v) is 4.43. The average molecular weight is 270 g/mol. The Morgan fingerprint density at radius 1 is 1.13 bits per heavy atom. The van der Waals surface area contributed by atoms with E-state index in [0.717, 1.165) is 6.07 Å². The Balaban J connectivity index is 3.39. The van der Waals surface area contributed by atoms with Gasteiger partial charge in [0.2, 0.25) is 10.0 Å². The molecule has 0 heterocycles. The van der Waals surface area contributed by atoms with Crippen LogP contribution in [0, 0.1) is 0 Å². The normalized spacial score (nSPS) is 12.7. The zero-order valence-corrected chi connectivity index (χ0v) is 10.0. The highest BCUT2D eigenvalue weighted by atomic mass is 35.7. The molecule has 0 amide bonds. The van der Waals surface area contributed by atoms with Crippen LogP contribution in [0.1, 0.15) is 0 Å². The highest BCUT2D eigenvalue weighted by Gasteiger charge is 2.16. The SMILES string of the molecule is CNS(=O)(=O)c1cccc(S(=O)(=O)Cl)c1. The number of halogens is 1. The summed E-state index contributed by atoms with van der Waals surface area (Å²) in [6.07, 6.45) is 0. The lowest BCUT2D eigenvalue weighted by Gasteiger charge is -2.03. The van der Waals surface area contributed by atoms with Crippen LogP contribution < -0.4 is 4.72 Å². The maximum atomic E-state index is 11.3. The van der Waals surface area contributed by atoms with E-state index < -0.39 is 19.1 Å². The monoisotopic (exact) mass is 269 g/mol. The maximum Gasteiger partial charge on any atom is 0.261 e. The molecule has 0 fully saturated rings. The van der Waals surface area contributed by atoms with Gasteiger partial charge in [0.05, 0.1) is 9.79 Å². The van der Waals surface area contributed by atoms with E-state index in [9.17, 15) is 16.8 Å². The Hall–Kier alpha value is -0.630. The number of hydrogen-bond donors (Lipinski definition) is 1. The third kappa shape index (κ3) is 2.91. The minimum absolute atomic E-state index is 0.147. The summed E-state index contributed by atoms with van der Waals surface area (Å²) >= 11 is 0. The molecule has 1 aromatic rings. The second-order valence-electron chi connectivity index (χ2n) is 2.62. The van der Waals surface area contributed by atoms with Gasteiger partial charge in [-0.05, 0) is 25.2 Å². The molecule has 1 rings (SSSR count). The van der Waals surface area contributed by atoms with E-state index in [4.69, 9.17) is 10.7 Å². The summed E-state index contributed by atoms with van der Waals surface area (Å²) in [6.45, 7) is 0. The Morgan fingerprint density at radius 2 is 1.67 bits per heavy atom. The fraction of sp³-hybridized carbons (Fsp3) is 0.143. The number of benzene rings is 1. The van der Waals surface area contributed by atoms with E-state index in [1.165, 1.54) is 25.2 Å². The Labute approximate surface area is 92.5 Å². The summed E-state index contributed by atoms with van der Waals surface area (Å²) in [6, 6.07) is 4.79. The van der Waals surface area contributed by atoms with Crippen LogP contribution >= 0.6 is 10.7 Å². The molecule has 84 valence electrons. The second-order valence-corrected chi connectivity index (χ2v) is 7.07. The molecule has 0 radical (unpaired) electrons. The van der Waals surface area contributed by atoms with Gasteiger partial charge in [-0.2, -0.15) is 0 Å². The smallest absolute Gasteiger partial charge is 0.214 e. The maximum absolute atomic E-state index is 11.3. The largest absolute Gasteiger partial charge is 0.261 e. The summed E-state index contributed by atoms with van der Waals surface area (Å²) in [5.74, 6) is 0. The predicted molar refractivity (Wildman–Crippen MR) is 55.7 cm³/mol. The molecule has 0 aliphatic heterocycles. The van der Waals surface area contributed by atoms with Crippen molar-refractivity contribution in [3.05, 3.63) is 24.3 Å². The molecule has 1 N–H and O–H groups in total. The topological polar surface area (TPSA) is 80.3 Å². The molecule has 0 saturated carbocycles. The van der Waals surface area contributed by atoms with E-state index in [1.807, 2.05) is 0 Å². The molecular weight excluding hydrogens is 262 g/mol. The van der Waals surface area contributed by atoms with Gasteiger partial charge in [0, 0.05) is 10.7 Å². The highest BCUT2D eigenvalue weighted by Crippen LogP contribution is 2.18. The number of nitrogens with one attached hydrogen (secondary N) is 1. The predicted octanol–water partition coefficient (Wildman–Crippen LogP) is 0.522. The quantitative estimate of drug-likeness (QED) is 0.812. The van der Waals surface area contributed by atoms with Crippen LogP contribution in [0.2, 0.25) is 0 Å². The summed E-state index contributed by atoms with van der Waals surface area (Å²) in [4.78, 5) is -0.396. The second kappa shape index (κ2) is 4.09. The molecular formula is C7H8ClNO4S2. The molecule has 8 heteroatoms. The van der Waals surface area contributed by atoms with Crippen molar-refractivity contribution in [3.63, 3.8) is 0 Å². The number of sulfonamides is 1. The molecule has 0 spiro atoms. The van der Waals surface area contributed by atoms with Crippen molar-refractivity contribution in [2.75, 3.05) is 7.05 Å². The van der Waals surface area contributed by atoms with Gasteiger partial charge in [-0.3, -0.25) is 0 Å². The lowest BCUT2D eigenvalue weighted by atomic mass is 10.4. The van der Waals surface area contributed by atoms with Crippen LogP contribution in [0.3, 0.4) is 0 Å². The van der Waals surface area contributed by atoms with Gasteiger partial charge in [0.1, 0.15) is 0 Å². The molecule has 0 bridgehead atoms. The first kappa shape index (κ1) is 12.4. The van der Waals surface area contributed by atoms with Crippen molar-refractivity contribution in [1.29, 1.82) is 0 Å². The molecule has 0 aliphatic carbocycles. The minimum atomic E-state index is -3.91. The highest BCUT2D eigenvalue weighted by molar-refractivity contribution is 8.13. The lowest BCUT2D eigenvalue weighted by Crippen LogP contribution is -2.18. The molecule has 0 aliphatic rings. The summed E-state index contributed by atoms with van der Waals surface area (Å²) < 4.78 is 46.6. The van der Waals surface area contributed by atoms with Gasteiger partial charge in [0.25, 0.3) is 9.05 Å². The molecule has 0 unspecified atom stereocenters. The van der Waals surface area contributed by atoms with Crippen molar-refractivity contribution in [2.24, 2.45) is 0 Å². The van der Waals surface area contributed by atoms with Crippen LogP contribution in [0.15, 0.2) is 34.1 Å². The molecule has 1 aromatic carbocycles. The number of rotatable bonds is 3. The van der Waals surface area contributed by atoms with E-state index in [0.29, 0.717) is 0 Å². The van der Waals surface area contributed by atoms with Gasteiger partial charge >= 0.3 is 0 Å². The van der Waals surface area contributed by atoms with Crippen molar-refractivity contribution in [2.45, 2.75) is 9.79 Å². The van der Waals surface area contributed by atoms with E-state index >= 15 is 0 Å². The van der Waals surface area contributed by atoms with Crippen molar-refractivity contribution in [3.8, 4) is 0 Å². The van der Waals surface area contributed by atoms with E-state index in [2.05, 4.69) is 4.72 Å². The van der Waals surface area contributed by atoms with Gasteiger partial charge < -0.3 is 0 Å². The Morgan fingerprint density at radius 3 is 2.13 bits per heavy atom. The first-order valence-corrected chi connectivity index (χ1v) is 7.55.